The van der Waals surface area contributed by atoms with Crippen molar-refractivity contribution in [1.29, 1.82) is 0 Å². The lowest BCUT2D eigenvalue weighted by Crippen LogP contribution is -2.33. The number of aromatic nitrogens is 3. The summed E-state index contributed by atoms with van der Waals surface area (Å²) in [5.74, 6) is -0.487. The molecule has 6 heteroatoms. The van der Waals surface area contributed by atoms with Gasteiger partial charge in [-0.2, -0.15) is 0 Å². The second kappa shape index (κ2) is 4.70. The number of benzene rings is 1. The molecule has 3 rings (SSSR count). The third kappa shape index (κ3) is 2.29. The fourth-order valence-corrected chi connectivity index (χ4v) is 2.37. The van der Waals surface area contributed by atoms with Crippen LogP contribution < -0.4 is 5.32 Å². The molecular formula is C14H15FN4O. The highest BCUT2D eigenvalue weighted by atomic mass is 19.1. The lowest BCUT2D eigenvalue weighted by atomic mass is 9.95. The van der Waals surface area contributed by atoms with Gasteiger partial charge in [0.05, 0.1) is 6.20 Å². The highest BCUT2D eigenvalue weighted by Gasteiger charge is 2.46. The second-order valence-electron chi connectivity index (χ2n) is 5.22. The minimum absolute atomic E-state index is 0.209. The van der Waals surface area contributed by atoms with E-state index in [0.29, 0.717) is 12.1 Å². The SMILES string of the molecule is Cn1cc(C(=O)NCC2(c3ccccc3F)CC2)nn1. The fourth-order valence-electron chi connectivity index (χ4n) is 2.37. The molecule has 0 aliphatic heterocycles. The Bertz CT molecular complexity index is 648. The molecule has 1 aromatic carbocycles. The third-order valence-corrected chi connectivity index (χ3v) is 3.72. The van der Waals surface area contributed by atoms with Crippen LogP contribution in [0.15, 0.2) is 30.5 Å². The van der Waals surface area contributed by atoms with E-state index in [1.165, 1.54) is 10.7 Å². The van der Waals surface area contributed by atoms with Crippen molar-refractivity contribution < 1.29 is 9.18 Å². The summed E-state index contributed by atoms with van der Waals surface area (Å²) in [5.41, 5.74) is 0.694. The van der Waals surface area contributed by atoms with Gasteiger partial charge in [0, 0.05) is 19.0 Å². The number of hydrogen-bond acceptors (Lipinski definition) is 3. The molecule has 1 fully saturated rings. The van der Waals surface area contributed by atoms with Crippen LogP contribution in [0.4, 0.5) is 4.39 Å². The molecule has 1 aromatic heterocycles. The summed E-state index contributed by atoms with van der Waals surface area (Å²) in [4.78, 5) is 11.9. The van der Waals surface area contributed by atoms with Crippen LogP contribution in [0.3, 0.4) is 0 Å². The largest absolute Gasteiger partial charge is 0.350 e. The van der Waals surface area contributed by atoms with Gasteiger partial charge >= 0.3 is 0 Å². The van der Waals surface area contributed by atoms with Gasteiger partial charge in [0.15, 0.2) is 5.69 Å². The highest BCUT2D eigenvalue weighted by molar-refractivity contribution is 5.91. The molecule has 1 aliphatic carbocycles. The molecule has 0 saturated heterocycles. The van der Waals surface area contributed by atoms with Crippen LogP contribution in [0.2, 0.25) is 0 Å². The maximum atomic E-state index is 13.8. The van der Waals surface area contributed by atoms with E-state index >= 15 is 0 Å². The molecule has 0 spiro atoms. The molecule has 1 heterocycles. The topological polar surface area (TPSA) is 59.8 Å². The molecule has 5 nitrogen and oxygen atoms in total. The van der Waals surface area contributed by atoms with Gasteiger partial charge in [0.1, 0.15) is 5.82 Å². The maximum Gasteiger partial charge on any atom is 0.273 e. The second-order valence-corrected chi connectivity index (χ2v) is 5.22. The van der Waals surface area contributed by atoms with E-state index in [4.69, 9.17) is 0 Å². The molecule has 0 unspecified atom stereocenters. The number of aryl methyl sites for hydroxylation is 1. The summed E-state index contributed by atoms with van der Waals surface area (Å²) in [7, 11) is 1.70. The lowest BCUT2D eigenvalue weighted by Gasteiger charge is -2.16. The van der Waals surface area contributed by atoms with Crippen LogP contribution in [0.1, 0.15) is 28.9 Å². The number of hydrogen-bond donors (Lipinski definition) is 1. The van der Waals surface area contributed by atoms with Gasteiger partial charge in [0.2, 0.25) is 0 Å². The van der Waals surface area contributed by atoms with E-state index in [-0.39, 0.29) is 22.8 Å². The first-order valence-corrected chi connectivity index (χ1v) is 6.50. The van der Waals surface area contributed by atoms with Crippen LogP contribution in [0.5, 0.6) is 0 Å². The van der Waals surface area contributed by atoms with Gasteiger partial charge < -0.3 is 5.32 Å². The quantitative estimate of drug-likeness (QED) is 0.917. The Balaban J connectivity index is 1.69. The molecule has 0 bridgehead atoms. The molecule has 2 aromatic rings. The van der Waals surface area contributed by atoms with Crippen LogP contribution in [0, 0.1) is 5.82 Å². The Labute approximate surface area is 115 Å². The van der Waals surface area contributed by atoms with Gasteiger partial charge in [0.25, 0.3) is 5.91 Å². The number of amides is 1. The van der Waals surface area contributed by atoms with Gasteiger partial charge in [-0.15, -0.1) is 5.10 Å². The van der Waals surface area contributed by atoms with Crippen molar-refractivity contribution in [2.24, 2.45) is 7.05 Å². The molecule has 1 aliphatic rings. The monoisotopic (exact) mass is 274 g/mol. The first-order chi connectivity index (χ1) is 9.61. The number of carbonyl (C=O) groups excluding carboxylic acids is 1. The summed E-state index contributed by atoms with van der Waals surface area (Å²) in [5, 5.41) is 10.3. The van der Waals surface area contributed by atoms with Crippen molar-refractivity contribution in [3.8, 4) is 0 Å². The summed E-state index contributed by atoms with van der Waals surface area (Å²) in [6.07, 6.45) is 3.32. The molecular weight excluding hydrogens is 259 g/mol. The zero-order chi connectivity index (χ0) is 14.2. The third-order valence-electron chi connectivity index (χ3n) is 3.72. The average Bonchev–Trinajstić information content (AvgIpc) is 3.10. The lowest BCUT2D eigenvalue weighted by molar-refractivity contribution is 0.0944. The summed E-state index contributed by atoms with van der Waals surface area (Å²) < 4.78 is 15.3. The molecule has 0 atom stereocenters. The Morgan fingerprint density at radius 1 is 1.45 bits per heavy atom. The number of rotatable bonds is 4. The highest BCUT2D eigenvalue weighted by Crippen LogP contribution is 2.48. The zero-order valence-electron chi connectivity index (χ0n) is 11.1. The van der Waals surface area contributed by atoms with Crippen LogP contribution in [-0.2, 0) is 12.5 Å². The Hall–Kier alpha value is -2.24. The van der Waals surface area contributed by atoms with Crippen LogP contribution in [0.25, 0.3) is 0 Å². The predicted octanol–water partition coefficient (Wildman–Crippen LogP) is 1.42. The predicted molar refractivity (Wildman–Crippen MR) is 70.6 cm³/mol. The molecule has 20 heavy (non-hydrogen) atoms. The van der Waals surface area contributed by atoms with E-state index in [1.807, 2.05) is 6.07 Å². The maximum absolute atomic E-state index is 13.8. The van der Waals surface area contributed by atoms with Crippen LogP contribution >= 0.6 is 0 Å². The standard InChI is InChI=1S/C14H15FN4O/c1-19-8-12(17-18-19)13(20)16-9-14(6-7-14)10-4-2-3-5-11(10)15/h2-5,8H,6-7,9H2,1H3,(H,16,20). The minimum atomic E-state index is -0.277. The first kappa shape index (κ1) is 12.8. The summed E-state index contributed by atoms with van der Waals surface area (Å²) in [6.45, 7) is 0.420. The van der Waals surface area contributed by atoms with Crippen molar-refractivity contribution in [2.45, 2.75) is 18.3 Å². The summed E-state index contributed by atoms with van der Waals surface area (Å²) >= 11 is 0. The number of nitrogens with one attached hydrogen (secondary N) is 1. The smallest absolute Gasteiger partial charge is 0.273 e. The molecule has 1 amide bonds. The van der Waals surface area contributed by atoms with Crippen molar-refractivity contribution >= 4 is 5.91 Å². The normalized spacial score (nSPS) is 15.9. The van der Waals surface area contributed by atoms with E-state index in [0.717, 1.165) is 12.8 Å². The zero-order valence-corrected chi connectivity index (χ0v) is 11.1. The van der Waals surface area contributed by atoms with Gasteiger partial charge in [-0.25, -0.2) is 4.39 Å². The fraction of sp³-hybridized carbons (Fsp3) is 0.357. The average molecular weight is 274 g/mol. The molecule has 0 radical (unpaired) electrons. The number of carbonyl (C=O) groups is 1. The number of halogens is 1. The Morgan fingerprint density at radius 3 is 2.80 bits per heavy atom. The Kier molecular flexibility index (Phi) is 3.00. The van der Waals surface area contributed by atoms with Gasteiger partial charge in [-0.05, 0) is 24.5 Å². The van der Waals surface area contributed by atoms with E-state index in [1.54, 1.807) is 25.4 Å². The van der Waals surface area contributed by atoms with Crippen molar-refractivity contribution in [3.63, 3.8) is 0 Å². The van der Waals surface area contributed by atoms with Crippen LogP contribution in [-0.4, -0.2) is 27.4 Å². The van der Waals surface area contributed by atoms with Crippen molar-refractivity contribution in [2.75, 3.05) is 6.54 Å². The first-order valence-electron chi connectivity index (χ1n) is 6.50. The van der Waals surface area contributed by atoms with Crippen molar-refractivity contribution in [1.82, 2.24) is 20.3 Å². The van der Waals surface area contributed by atoms with Crippen molar-refractivity contribution in [3.05, 3.63) is 47.5 Å². The Morgan fingerprint density at radius 2 is 2.20 bits per heavy atom. The van der Waals surface area contributed by atoms with E-state index < -0.39 is 0 Å². The van der Waals surface area contributed by atoms with Gasteiger partial charge in [-0.1, -0.05) is 23.4 Å². The van der Waals surface area contributed by atoms with E-state index in [9.17, 15) is 9.18 Å². The molecule has 1 N–H and O–H groups in total. The number of nitrogens with zero attached hydrogens (tertiary/aromatic N) is 3. The van der Waals surface area contributed by atoms with Gasteiger partial charge in [-0.3, -0.25) is 9.48 Å². The van der Waals surface area contributed by atoms with E-state index in [2.05, 4.69) is 15.6 Å². The minimum Gasteiger partial charge on any atom is -0.350 e. The molecule has 1 saturated carbocycles. The molecule has 104 valence electrons. The summed E-state index contributed by atoms with van der Waals surface area (Å²) in [6, 6.07) is 6.74.